The number of aromatic nitrogens is 2. The second kappa shape index (κ2) is 4.15. The third kappa shape index (κ3) is 1.84. The van der Waals surface area contributed by atoms with Gasteiger partial charge in [0.05, 0.1) is 11.1 Å². The lowest BCUT2D eigenvalue weighted by Gasteiger charge is -2.18. The molecule has 1 fully saturated rings. The topological polar surface area (TPSA) is 29.0 Å². The van der Waals surface area contributed by atoms with E-state index in [0.29, 0.717) is 0 Å². The number of halogens is 1. The van der Waals surface area contributed by atoms with Crippen molar-refractivity contribution in [3.8, 4) is 0 Å². The molecule has 0 saturated carbocycles. The van der Waals surface area contributed by atoms with Crippen LogP contribution in [0.25, 0.3) is 10.8 Å². The fourth-order valence-electron chi connectivity index (χ4n) is 2.37. The van der Waals surface area contributed by atoms with E-state index in [9.17, 15) is 0 Å². The van der Waals surface area contributed by atoms with Crippen LogP contribution in [0.1, 0.15) is 12.1 Å². The van der Waals surface area contributed by atoms with Gasteiger partial charge >= 0.3 is 0 Å². The smallest absolute Gasteiger partial charge is 0.159 e. The minimum atomic E-state index is 0.233. The Balaban J connectivity index is 2.14. The second-order valence-corrected chi connectivity index (χ2v) is 5.10. The van der Waals surface area contributed by atoms with E-state index in [1.54, 1.807) is 0 Å². The van der Waals surface area contributed by atoms with Gasteiger partial charge in [-0.3, -0.25) is 0 Å². The highest BCUT2D eigenvalue weighted by atomic mass is 35.5. The predicted octanol–water partition coefficient (Wildman–Crippen LogP) is 2.76. The molecular formula is C13H14ClN3. The standard InChI is InChI=1S/C13H14ClN3/c1-9-11-4-2-3-5-12(11)13(16-15-9)17-7-6-10(14)8-17/h2-5,10H,6-8H2,1H3. The summed E-state index contributed by atoms with van der Waals surface area (Å²) in [7, 11) is 0. The van der Waals surface area contributed by atoms with Crippen molar-refractivity contribution in [2.24, 2.45) is 0 Å². The van der Waals surface area contributed by atoms with Crippen molar-refractivity contribution in [3.05, 3.63) is 30.0 Å². The first kappa shape index (κ1) is 10.8. The molecule has 1 aliphatic rings. The normalized spacial score (nSPS) is 20.1. The summed E-state index contributed by atoms with van der Waals surface area (Å²) in [6.45, 7) is 3.83. The Hall–Kier alpha value is -1.35. The van der Waals surface area contributed by atoms with E-state index >= 15 is 0 Å². The van der Waals surface area contributed by atoms with E-state index in [0.717, 1.165) is 31.0 Å². The van der Waals surface area contributed by atoms with Crippen LogP contribution in [0.4, 0.5) is 5.82 Å². The molecule has 0 spiro atoms. The Morgan fingerprint density at radius 2 is 2.00 bits per heavy atom. The van der Waals surface area contributed by atoms with Gasteiger partial charge in [-0.05, 0) is 13.3 Å². The molecule has 0 N–H and O–H groups in total. The number of fused-ring (bicyclic) bond motifs is 1. The molecule has 0 bridgehead atoms. The third-order valence-corrected chi connectivity index (χ3v) is 3.64. The van der Waals surface area contributed by atoms with Crippen LogP contribution >= 0.6 is 11.6 Å². The zero-order chi connectivity index (χ0) is 11.8. The number of nitrogens with zero attached hydrogens (tertiary/aromatic N) is 3. The zero-order valence-corrected chi connectivity index (χ0v) is 10.5. The van der Waals surface area contributed by atoms with E-state index < -0.39 is 0 Å². The summed E-state index contributed by atoms with van der Waals surface area (Å²) in [6.07, 6.45) is 1.02. The zero-order valence-electron chi connectivity index (χ0n) is 9.73. The maximum atomic E-state index is 6.15. The Morgan fingerprint density at radius 1 is 1.24 bits per heavy atom. The van der Waals surface area contributed by atoms with Gasteiger partial charge in [0.1, 0.15) is 0 Å². The van der Waals surface area contributed by atoms with Gasteiger partial charge in [-0.2, -0.15) is 5.10 Å². The summed E-state index contributed by atoms with van der Waals surface area (Å²) in [4.78, 5) is 2.23. The van der Waals surface area contributed by atoms with Crippen molar-refractivity contribution in [2.45, 2.75) is 18.7 Å². The number of alkyl halides is 1. The Labute approximate surface area is 105 Å². The molecule has 1 aromatic carbocycles. The molecule has 2 heterocycles. The van der Waals surface area contributed by atoms with Crippen molar-refractivity contribution >= 4 is 28.2 Å². The molecule has 1 aromatic heterocycles. The van der Waals surface area contributed by atoms with Crippen LogP contribution in [0.15, 0.2) is 24.3 Å². The lowest BCUT2D eigenvalue weighted by atomic mass is 10.1. The highest BCUT2D eigenvalue weighted by molar-refractivity contribution is 6.21. The van der Waals surface area contributed by atoms with Crippen molar-refractivity contribution in [3.63, 3.8) is 0 Å². The summed E-state index contributed by atoms with van der Waals surface area (Å²) >= 11 is 6.15. The summed E-state index contributed by atoms with van der Waals surface area (Å²) in [5.74, 6) is 0.967. The van der Waals surface area contributed by atoms with Crippen molar-refractivity contribution in [1.29, 1.82) is 0 Å². The largest absolute Gasteiger partial charge is 0.353 e. The summed E-state index contributed by atoms with van der Waals surface area (Å²) in [5, 5.41) is 11.2. The molecular weight excluding hydrogens is 234 g/mol. The molecule has 0 radical (unpaired) electrons. The summed E-state index contributed by atoms with van der Waals surface area (Å²) < 4.78 is 0. The van der Waals surface area contributed by atoms with Gasteiger partial charge < -0.3 is 4.90 Å². The van der Waals surface area contributed by atoms with Gasteiger partial charge in [-0.1, -0.05) is 24.3 Å². The number of aryl methyl sites for hydroxylation is 1. The minimum Gasteiger partial charge on any atom is -0.353 e. The quantitative estimate of drug-likeness (QED) is 0.726. The van der Waals surface area contributed by atoms with Gasteiger partial charge in [-0.25, -0.2) is 0 Å². The fraction of sp³-hybridized carbons (Fsp3) is 0.385. The monoisotopic (exact) mass is 247 g/mol. The lowest BCUT2D eigenvalue weighted by Crippen LogP contribution is -2.21. The van der Waals surface area contributed by atoms with E-state index in [1.807, 2.05) is 19.1 Å². The molecule has 88 valence electrons. The molecule has 0 aliphatic carbocycles. The molecule has 3 rings (SSSR count). The van der Waals surface area contributed by atoms with Crippen molar-refractivity contribution < 1.29 is 0 Å². The molecule has 0 amide bonds. The van der Waals surface area contributed by atoms with Crippen LogP contribution in [-0.4, -0.2) is 28.7 Å². The van der Waals surface area contributed by atoms with E-state index in [2.05, 4.69) is 27.2 Å². The van der Waals surface area contributed by atoms with E-state index in [-0.39, 0.29) is 5.38 Å². The molecule has 17 heavy (non-hydrogen) atoms. The van der Waals surface area contributed by atoms with Crippen LogP contribution in [0.2, 0.25) is 0 Å². The number of rotatable bonds is 1. The molecule has 1 unspecified atom stereocenters. The van der Waals surface area contributed by atoms with Gasteiger partial charge in [0, 0.05) is 23.9 Å². The molecule has 1 saturated heterocycles. The van der Waals surface area contributed by atoms with E-state index in [1.165, 1.54) is 10.8 Å². The SMILES string of the molecule is Cc1nnc(N2CCC(Cl)C2)c2ccccc12. The molecule has 3 nitrogen and oxygen atoms in total. The molecule has 1 atom stereocenters. The fourth-order valence-corrected chi connectivity index (χ4v) is 2.63. The minimum absolute atomic E-state index is 0.233. The first-order valence-corrected chi connectivity index (χ1v) is 6.30. The van der Waals surface area contributed by atoms with Gasteiger partial charge in [0.15, 0.2) is 5.82 Å². The molecule has 1 aliphatic heterocycles. The average Bonchev–Trinajstić information content (AvgIpc) is 2.77. The highest BCUT2D eigenvalue weighted by Gasteiger charge is 2.23. The van der Waals surface area contributed by atoms with Gasteiger partial charge in [0.2, 0.25) is 0 Å². The predicted molar refractivity (Wildman–Crippen MR) is 70.7 cm³/mol. The first-order chi connectivity index (χ1) is 8.25. The molecule has 2 aromatic rings. The number of hydrogen-bond donors (Lipinski definition) is 0. The maximum absolute atomic E-state index is 6.15. The van der Waals surface area contributed by atoms with Crippen LogP contribution in [-0.2, 0) is 0 Å². The van der Waals surface area contributed by atoms with Gasteiger partial charge in [0.25, 0.3) is 0 Å². The highest BCUT2D eigenvalue weighted by Crippen LogP contribution is 2.28. The van der Waals surface area contributed by atoms with Crippen molar-refractivity contribution in [2.75, 3.05) is 18.0 Å². The number of hydrogen-bond acceptors (Lipinski definition) is 3. The summed E-state index contributed by atoms with van der Waals surface area (Å²) in [6, 6.07) is 8.28. The number of benzene rings is 1. The molecule has 4 heteroatoms. The van der Waals surface area contributed by atoms with E-state index in [4.69, 9.17) is 11.6 Å². The first-order valence-electron chi connectivity index (χ1n) is 5.87. The average molecular weight is 248 g/mol. The Morgan fingerprint density at radius 3 is 2.71 bits per heavy atom. The number of anilines is 1. The third-order valence-electron chi connectivity index (χ3n) is 3.28. The Kier molecular flexibility index (Phi) is 2.63. The maximum Gasteiger partial charge on any atom is 0.159 e. The summed E-state index contributed by atoms with van der Waals surface area (Å²) in [5.41, 5.74) is 0.978. The second-order valence-electron chi connectivity index (χ2n) is 4.49. The van der Waals surface area contributed by atoms with Crippen LogP contribution in [0.3, 0.4) is 0 Å². The Bertz CT molecular complexity index is 555. The van der Waals surface area contributed by atoms with Crippen LogP contribution in [0, 0.1) is 6.92 Å². The van der Waals surface area contributed by atoms with Crippen LogP contribution < -0.4 is 4.90 Å². The van der Waals surface area contributed by atoms with Gasteiger partial charge in [-0.15, -0.1) is 16.7 Å². The van der Waals surface area contributed by atoms with Crippen LogP contribution in [0.5, 0.6) is 0 Å². The van der Waals surface area contributed by atoms with Crippen molar-refractivity contribution in [1.82, 2.24) is 10.2 Å². The lowest BCUT2D eigenvalue weighted by molar-refractivity contribution is 0.894.